The van der Waals surface area contributed by atoms with Gasteiger partial charge in [0.1, 0.15) is 6.10 Å². The van der Waals surface area contributed by atoms with E-state index in [9.17, 15) is 0 Å². The first kappa shape index (κ1) is 12.0. The van der Waals surface area contributed by atoms with Gasteiger partial charge in [-0.05, 0) is 45.4 Å². The van der Waals surface area contributed by atoms with Gasteiger partial charge in [-0.1, -0.05) is 0 Å². The maximum atomic E-state index is 6.17. The van der Waals surface area contributed by atoms with Crippen LogP contribution >= 0.6 is 0 Å². The second-order valence-electron chi connectivity index (χ2n) is 5.67. The molecule has 18 heavy (non-hydrogen) atoms. The molecule has 2 saturated carbocycles. The first-order valence-corrected chi connectivity index (χ1v) is 7.16. The van der Waals surface area contributed by atoms with E-state index in [1.165, 1.54) is 44.1 Å². The Balaban J connectivity index is 1.72. The van der Waals surface area contributed by atoms with Crippen molar-refractivity contribution >= 4 is 0 Å². The van der Waals surface area contributed by atoms with E-state index in [1.807, 2.05) is 11.7 Å². The van der Waals surface area contributed by atoms with Crippen molar-refractivity contribution in [3.63, 3.8) is 0 Å². The first-order valence-electron chi connectivity index (χ1n) is 7.16. The molecule has 1 heterocycles. The van der Waals surface area contributed by atoms with Crippen LogP contribution < -0.4 is 10.1 Å². The Morgan fingerprint density at radius 3 is 2.67 bits per heavy atom. The second-order valence-corrected chi connectivity index (χ2v) is 5.67. The average Bonchev–Trinajstić information content (AvgIpc) is 2.95. The van der Waals surface area contributed by atoms with Crippen molar-refractivity contribution in [1.82, 2.24) is 15.1 Å². The molecule has 2 aliphatic rings. The lowest BCUT2D eigenvalue weighted by atomic mass is 10.2. The van der Waals surface area contributed by atoms with Crippen molar-refractivity contribution in [2.24, 2.45) is 7.05 Å². The molecular formula is C14H23N3O. The Morgan fingerprint density at radius 2 is 2.00 bits per heavy atom. The minimum absolute atomic E-state index is 0.402. The third kappa shape index (κ3) is 2.53. The molecule has 0 amide bonds. The molecular weight excluding hydrogens is 226 g/mol. The molecule has 1 N–H and O–H groups in total. The molecule has 0 aliphatic heterocycles. The zero-order valence-electron chi connectivity index (χ0n) is 11.4. The molecule has 0 saturated heterocycles. The number of nitrogens with zero attached hydrogens (tertiary/aromatic N) is 2. The molecule has 0 atom stereocenters. The van der Waals surface area contributed by atoms with Crippen LogP contribution in [-0.2, 0) is 13.6 Å². The molecule has 0 unspecified atom stereocenters. The van der Waals surface area contributed by atoms with Gasteiger partial charge in [0.25, 0.3) is 0 Å². The molecule has 2 fully saturated rings. The summed E-state index contributed by atoms with van der Waals surface area (Å²) >= 11 is 0. The molecule has 3 rings (SSSR count). The van der Waals surface area contributed by atoms with Crippen LogP contribution in [0.1, 0.15) is 49.8 Å². The third-order valence-corrected chi connectivity index (χ3v) is 4.01. The molecule has 1 aromatic rings. The van der Waals surface area contributed by atoms with Gasteiger partial charge in [-0.25, -0.2) is 4.68 Å². The average molecular weight is 249 g/mol. The molecule has 0 spiro atoms. The smallest absolute Gasteiger partial charge is 0.216 e. The van der Waals surface area contributed by atoms with Gasteiger partial charge in [0, 0.05) is 19.6 Å². The van der Waals surface area contributed by atoms with E-state index in [0.717, 1.165) is 24.2 Å². The van der Waals surface area contributed by atoms with E-state index in [1.54, 1.807) is 0 Å². The van der Waals surface area contributed by atoms with E-state index in [-0.39, 0.29) is 0 Å². The second kappa shape index (κ2) is 4.92. The summed E-state index contributed by atoms with van der Waals surface area (Å²) in [6.45, 7) is 2.97. The molecule has 2 aliphatic carbocycles. The highest BCUT2D eigenvalue weighted by Crippen LogP contribution is 2.29. The summed E-state index contributed by atoms with van der Waals surface area (Å²) in [4.78, 5) is 0. The Morgan fingerprint density at radius 1 is 1.28 bits per heavy atom. The minimum atomic E-state index is 0.402. The zero-order valence-corrected chi connectivity index (χ0v) is 11.4. The largest absolute Gasteiger partial charge is 0.474 e. The van der Waals surface area contributed by atoms with Crippen LogP contribution in [0.2, 0.25) is 0 Å². The molecule has 4 nitrogen and oxygen atoms in total. The SMILES string of the molecule is Cc1nn(C)c(OC2CCCC2)c1CNC1CC1. The normalized spacial score (nSPS) is 20.6. The highest BCUT2D eigenvalue weighted by Gasteiger charge is 2.24. The van der Waals surface area contributed by atoms with E-state index in [0.29, 0.717) is 6.10 Å². The third-order valence-electron chi connectivity index (χ3n) is 4.01. The van der Waals surface area contributed by atoms with Crippen molar-refractivity contribution in [2.75, 3.05) is 0 Å². The highest BCUT2D eigenvalue weighted by molar-refractivity contribution is 5.31. The van der Waals surface area contributed by atoms with Crippen LogP contribution in [0.4, 0.5) is 0 Å². The number of nitrogens with one attached hydrogen (secondary N) is 1. The summed E-state index contributed by atoms with van der Waals surface area (Å²) < 4.78 is 8.07. The van der Waals surface area contributed by atoms with Crippen LogP contribution in [-0.4, -0.2) is 21.9 Å². The highest BCUT2D eigenvalue weighted by atomic mass is 16.5. The molecule has 0 aromatic carbocycles. The van der Waals surface area contributed by atoms with Crippen LogP contribution in [0.25, 0.3) is 0 Å². The van der Waals surface area contributed by atoms with Crippen LogP contribution in [0.3, 0.4) is 0 Å². The van der Waals surface area contributed by atoms with Crippen molar-refractivity contribution in [3.05, 3.63) is 11.3 Å². The molecule has 4 heteroatoms. The van der Waals surface area contributed by atoms with Gasteiger partial charge < -0.3 is 10.1 Å². The Kier molecular flexibility index (Phi) is 3.29. The van der Waals surface area contributed by atoms with Gasteiger partial charge in [0.15, 0.2) is 0 Å². The topological polar surface area (TPSA) is 39.1 Å². The van der Waals surface area contributed by atoms with Gasteiger partial charge in [0.2, 0.25) is 5.88 Å². The first-order chi connectivity index (χ1) is 8.74. The van der Waals surface area contributed by atoms with E-state index < -0.39 is 0 Å². The van der Waals surface area contributed by atoms with Crippen molar-refractivity contribution in [3.8, 4) is 5.88 Å². The maximum Gasteiger partial charge on any atom is 0.216 e. The predicted octanol–water partition coefficient (Wildman–Crippen LogP) is 2.30. The lowest BCUT2D eigenvalue weighted by molar-refractivity contribution is 0.190. The number of ether oxygens (including phenoxy) is 1. The summed E-state index contributed by atoms with van der Waals surface area (Å²) in [6, 6.07) is 0.726. The van der Waals surface area contributed by atoms with Gasteiger partial charge in [-0.2, -0.15) is 5.10 Å². The van der Waals surface area contributed by atoms with Gasteiger partial charge in [-0.15, -0.1) is 0 Å². The van der Waals surface area contributed by atoms with E-state index >= 15 is 0 Å². The number of hydrogen-bond donors (Lipinski definition) is 1. The van der Waals surface area contributed by atoms with E-state index in [4.69, 9.17) is 4.74 Å². The maximum absolute atomic E-state index is 6.17. The quantitative estimate of drug-likeness (QED) is 0.870. The fourth-order valence-corrected chi connectivity index (χ4v) is 2.73. The summed E-state index contributed by atoms with van der Waals surface area (Å²) in [5, 5.41) is 8.06. The fraction of sp³-hybridized carbons (Fsp3) is 0.786. The van der Waals surface area contributed by atoms with Crippen molar-refractivity contribution < 1.29 is 4.74 Å². The van der Waals surface area contributed by atoms with Gasteiger partial charge >= 0.3 is 0 Å². The molecule has 0 radical (unpaired) electrons. The zero-order chi connectivity index (χ0) is 12.5. The van der Waals surface area contributed by atoms with Crippen LogP contribution in [0.5, 0.6) is 5.88 Å². The molecule has 1 aromatic heterocycles. The van der Waals surface area contributed by atoms with Crippen molar-refractivity contribution in [1.29, 1.82) is 0 Å². The fourth-order valence-electron chi connectivity index (χ4n) is 2.73. The number of aromatic nitrogens is 2. The van der Waals surface area contributed by atoms with Crippen molar-refractivity contribution in [2.45, 2.75) is 64.1 Å². The number of hydrogen-bond acceptors (Lipinski definition) is 3. The summed E-state index contributed by atoms with van der Waals surface area (Å²) in [7, 11) is 1.98. The predicted molar refractivity (Wildman–Crippen MR) is 70.7 cm³/mol. The van der Waals surface area contributed by atoms with Gasteiger partial charge in [-0.3, -0.25) is 0 Å². The lowest BCUT2D eigenvalue weighted by Crippen LogP contribution is -2.18. The minimum Gasteiger partial charge on any atom is -0.474 e. The van der Waals surface area contributed by atoms with E-state index in [2.05, 4.69) is 17.3 Å². The molecule has 0 bridgehead atoms. The Hall–Kier alpha value is -1.03. The van der Waals surface area contributed by atoms with Crippen LogP contribution in [0.15, 0.2) is 0 Å². The summed E-state index contributed by atoms with van der Waals surface area (Å²) in [5.41, 5.74) is 2.34. The summed E-state index contributed by atoms with van der Waals surface area (Å²) in [6.07, 6.45) is 8.03. The number of aryl methyl sites for hydroxylation is 2. The molecule has 100 valence electrons. The summed E-state index contributed by atoms with van der Waals surface area (Å²) in [5.74, 6) is 0.979. The Labute approximate surface area is 109 Å². The monoisotopic (exact) mass is 249 g/mol. The standard InChI is InChI=1S/C14H23N3O/c1-10-13(9-15-11-7-8-11)14(17(2)16-10)18-12-5-3-4-6-12/h11-12,15H,3-9H2,1-2H3. The van der Waals surface area contributed by atoms with Gasteiger partial charge in [0.05, 0.1) is 11.3 Å². The van der Waals surface area contributed by atoms with Crippen LogP contribution in [0, 0.1) is 6.92 Å². The number of rotatable bonds is 5. The Bertz CT molecular complexity index is 417. The lowest BCUT2D eigenvalue weighted by Gasteiger charge is -2.15.